The van der Waals surface area contributed by atoms with Crippen LogP contribution in [0, 0.1) is 5.92 Å². The average Bonchev–Trinajstić information content (AvgIpc) is 2.77. The summed E-state index contributed by atoms with van der Waals surface area (Å²) in [4.78, 5) is 30.0. The Labute approximate surface area is 183 Å². The van der Waals surface area contributed by atoms with Crippen molar-refractivity contribution in [2.24, 2.45) is 5.92 Å². The van der Waals surface area contributed by atoms with E-state index in [-0.39, 0.29) is 5.75 Å². The monoisotopic (exact) mass is 440 g/mol. The van der Waals surface area contributed by atoms with Crippen molar-refractivity contribution in [2.45, 2.75) is 32.8 Å². The Morgan fingerprint density at radius 3 is 2.66 bits per heavy atom. The number of aromatic nitrogens is 1. The van der Waals surface area contributed by atoms with Gasteiger partial charge in [0.15, 0.2) is 6.61 Å². The van der Waals surface area contributed by atoms with E-state index in [1.807, 2.05) is 24.3 Å². The number of alkyl halides is 2. The lowest BCUT2D eigenvalue weighted by molar-refractivity contribution is -0.119. The molecule has 0 saturated carbocycles. The first-order chi connectivity index (χ1) is 15.4. The minimum Gasteiger partial charge on any atom is -0.452 e. The molecule has 1 N–H and O–H groups in total. The fraction of sp³-hybridized carbons (Fsp3) is 0.292. The second-order valence-electron chi connectivity index (χ2n) is 7.80. The van der Waals surface area contributed by atoms with Crippen LogP contribution in [-0.4, -0.2) is 30.1 Å². The number of nitrogens with zero attached hydrogens (tertiary/aromatic N) is 1. The van der Waals surface area contributed by atoms with Crippen LogP contribution < -0.4 is 10.1 Å². The van der Waals surface area contributed by atoms with Crippen LogP contribution in [0.15, 0.2) is 48.5 Å². The number of halogens is 2. The van der Waals surface area contributed by atoms with Gasteiger partial charge in [0.25, 0.3) is 5.91 Å². The highest BCUT2D eigenvalue weighted by Crippen LogP contribution is 2.32. The molecular weight excluding hydrogens is 418 g/mol. The highest BCUT2D eigenvalue weighted by Gasteiger charge is 2.26. The number of hydrogen-bond donors (Lipinski definition) is 1. The molecule has 3 aromatic rings. The summed E-state index contributed by atoms with van der Waals surface area (Å²) in [6, 6.07) is 12.9. The number of carbonyl (C=O) groups is 2. The lowest BCUT2D eigenvalue weighted by Gasteiger charge is -2.24. The van der Waals surface area contributed by atoms with Crippen molar-refractivity contribution in [3.8, 4) is 5.75 Å². The lowest BCUT2D eigenvalue weighted by atomic mass is 9.84. The Balaban J connectivity index is 1.47. The Hall–Kier alpha value is -3.55. The van der Waals surface area contributed by atoms with Gasteiger partial charge in [-0.25, -0.2) is 4.79 Å². The van der Waals surface area contributed by atoms with Gasteiger partial charge in [0.1, 0.15) is 5.75 Å². The summed E-state index contributed by atoms with van der Waals surface area (Å²) in [5.41, 5.74) is 3.36. The molecule has 4 rings (SSSR count). The number of benzene rings is 2. The maximum Gasteiger partial charge on any atom is 0.387 e. The molecule has 1 aromatic heterocycles. The van der Waals surface area contributed by atoms with Gasteiger partial charge in [-0.2, -0.15) is 8.78 Å². The summed E-state index contributed by atoms with van der Waals surface area (Å²) in [5.74, 6) is -0.698. The van der Waals surface area contributed by atoms with Crippen molar-refractivity contribution < 1.29 is 27.8 Å². The zero-order valence-corrected chi connectivity index (χ0v) is 17.4. The van der Waals surface area contributed by atoms with Gasteiger partial charge in [-0.15, -0.1) is 0 Å². The molecule has 0 radical (unpaired) electrons. The third-order valence-electron chi connectivity index (χ3n) is 5.41. The molecule has 0 saturated heterocycles. The van der Waals surface area contributed by atoms with E-state index in [9.17, 15) is 18.4 Å². The summed E-state index contributed by atoms with van der Waals surface area (Å²) < 4.78 is 34.1. The molecule has 0 bridgehead atoms. The van der Waals surface area contributed by atoms with E-state index in [0.29, 0.717) is 22.6 Å². The number of amides is 1. The number of para-hydroxylation sites is 1. The Morgan fingerprint density at radius 1 is 1.16 bits per heavy atom. The smallest absolute Gasteiger partial charge is 0.387 e. The average molecular weight is 440 g/mol. The van der Waals surface area contributed by atoms with Crippen LogP contribution in [0.5, 0.6) is 5.75 Å². The standard InChI is InChI=1S/C24H22F2N2O4/c1-14-6-11-20-18(12-14)22(17-4-2-3-5-19(17)28-20)23(30)31-13-21(29)27-15-7-9-16(10-8-15)32-24(25)26/h2-5,7-10,14,24H,6,11-13H2,1H3,(H,27,29)/t14-/m0/s1. The molecule has 1 amide bonds. The van der Waals surface area contributed by atoms with Crippen molar-refractivity contribution >= 4 is 28.5 Å². The first kappa shape index (κ1) is 21.7. The first-order valence-electron chi connectivity index (χ1n) is 10.3. The van der Waals surface area contributed by atoms with Gasteiger partial charge < -0.3 is 14.8 Å². The van der Waals surface area contributed by atoms with E-state index >= 15 is 0 Å². The number of esters is 1. The molecule has 1 heterocycles. The SMILES string of the molecule is C[C@H]1CCc2nc3ccccc3c(C(=O)OCC(=O)Nc3ccc(OC(F)F)cc3)c2C1. The van der Waals surface area contributed by atoms with Crippen molar-refractivity contribution in [1.82, 2.24) is 4.98 Å². The van der Waals surface area contributed by atoms with Gasteiger partial charge >= 0.3 is 12.6 Å². The van der Waals surface area contributed by atoms with Gasteiger partial charge in [-0.1, -0.05) is 25.1 Å². The second-order valence-corrected chi connectivity index (χ2v) is 7.80. The number of anilines is 1. The maximum absolute atomic E-state index is 13.0. The maximum atomic E-state index is 13.0. The number of aryl methyl sites for hydroxylation is 1. The summed E-state index contributed by atoms with van der Waals surface area (Å²) in [6.45, 7) is -1.26. The van der Waals surface area contributed by atoms with Crippen molar-refractivity contribution in [3.05, 3.63) is 65.4 Å². The molecule has 0 unspecified atom stereocenters. The Kier molecular flexibility index (Phi) is 6.30. The fourth-order valence-electron chi connectivity index (χ4n) is 3.92. The summed E-state index contributed by atoms with van der Waals surface area (Å²) in [6.07, 6.45) is 2.54. The number of nitrogens with one attached hydrogen (secondary N) is 1. The number of pyridine rings is 1. The van der Waals surface area contributed by atoms with Crippen LogP contribution in [-0.2, 0) is 22.4 Å². The first-order valence-corrected chi connectivity index (χ1v) is 10.3. The molecule has 6 nitrogen and oxygen atoms in total. The van der Waals surface area contributed by atoms with Gasteiger partial charge in [-0.05, 0) is 61.1 Å². The summed E-state index contributed by atoms with van der Waals surface area (Å²) in [5, 5.41) is 3.27. The van der Waals surface area contributed by atoms with Crippen LogP contribution >= 0.6 is 0 Å². The molecule has 8 heteroatoms. The summed E-state index contributed by atoms with van der Waals surface area (Å²) >= 11 is 0. The molecule has 1 aliphatic carbocycles. The van der Waals surface area contributed by atoms with Crippen LogP contribution in [0.1, 0.15) is 35.0 Å². The quantitative estimate of drug-likeness (QED) is 0.560. The number of rotatable bonds is 6. The summed E-state index contributed by atoms with van der Waals surface area (Å²) in [7, 11) is 0. The Morgan fingerprint density at radius 2 is 1.91 bits per heavy atom. The van der Waals surface area contributed by atoms with E-state index in [2.05, 4.69) is 17.0 Å². The van der Waals surface area contributed by atoms with Crippen molar-refractivity contribution in [3.63, 3.8) is 0 Å². The molecule has 0 aliphatic heterocycles. The fourth-order valence-corrected chi connectivity index (χ4v) is 3.92. The van der Waals surface area contributed by atoms with E-state index in [0.717, 1.165) is 36.0 Å². The predicted octanol–water partition coefficient (Wildman–Crippen LogP) is 4.76. The molecule has 166 valence electrons. The largest absolute Gasteiger partial charge is 0.452 e. The Bertz CT molecular complexity index is 1150. The molecule has 1 atom stereocenters. The van der Waals surface area contributed by atoms with Crippen LogP contribution in [0.4, 0.5) is 14.5 Å². The number of fused-ring (bicyclic) bond motifs is 2. The van der Waals surface area contributed by atoms with Gasteiger partial charge in [0.05, 0.1) is 11.1 Å². The molecule has 0 spiro atoms. The molecule has 2 aromatic carbocycles. The van der Waals surface area contributed by atoms with Crippen LogP contribution in [0.3, 0.4) is 0 Å². The highest BCUT2D eigenvalue weighted by molar-refractivity contribution is 6.06. The van der Waals surface area contributed by atoms with Gasteiger partial charge in [0, 0.05) is 16.8 Å². The van der Waals surface area contributed by atoms with Crippen molar-refractivity contribution in [2.75, 3.05) is 11.9 Å². The molecule has 0 fully saturated rings. The number of hydrogen-bond acceptors (Lipinski definition) is 5. The molecule has 32 heavy (non-hydrogen) atoms. The zero-order valence-electron chi connectivity index (χ0n) is 17.4. The van der Waals surface area contributed by atoms with E-state index < -0.39 is 25.1 Å². The van der Waals surface area contributed by atoms with Gasteiger partial charge in [0.2, 0.25) is 0 Å². The molecule has 1 aliphatic rings. The minimum absolute atomic E-state index is 0.0204. The van der Waals surface area contributed by atoms with Crippen LogP contribution in [0.2, 0.25) is 0 Å². The van der Waals surface area contributed by atoms with E-state index in [1.54, 1.807) is 0 Å². The van der Waals surface area contributed by atoms with Crippen LogP contribution in [0.25, 0.3) is 10.9 Å². The number of carbonyl (C=O) groups excluding carboxylic acids is 2. The zero-order chi connectivity index (χ0) is 22.7. The third-order valence-corrected chi connectivity index (χ3v) is 5.41. The van der Waals surface area contributed by atoms with E-state index in [4.69, 9.17) is 9.72 Å². The predicted molar refractivity (Wildman–Crippen MR) is 115 cm³/mol. The number of ether oxygens (including phenoxy) is 2. The topological polar surface area (TPSA) is 77.5 Å². The minimum atomic E-state index is -2.92. The second kappa shape index (κ2) is 9.30. The van der Waals surface area contributed by atoms with Crippen molar-refractivity contribution in [1.29, 1.82) is 0 Å². The lowest BCUT2D eigenvalue weighted by Crippen LogP contribution is -2.23. The third kappa shape index (κ3) is 4.85. The normalized spacial score (nSPS) is 15.3. The molecular formula is C24H22F2N2O4. The van der Waals surface area contributed by atoms with Gasteiger partial charge in [-0.3, -0.25) is 9.78 Å². The highest BCUT2D eigenvalue weighted by atomic mass is 19.3. The van der Waals surface area contributed by atoms with E-state index in [1.165, 1.54) is 24.3 Å².